The Balaban J connectivity index is 1.50. The highest BCUT2D eigenvalue weighted by Crippen LogP contribution is 2.31. The molecule has 1 aliphatic heterocycles. The van der Waals surface area contributed by atoms with Crippen molar-refractivity contribution in [1.29, 1.82) is 0 Å². The molecule has 0 aliphatic carbocycles. The van der Waals surface area contributed by atoms with Crippen molar-refractivity contribution in [3.8, 4) is 11.7 Å². The number of rotatable bonds is 4. The summed E-state index contributed by atoms with van der Waals surface area (Å²) in [5.41, 5.74) is 0.432. The first-order valence-electron chi connectivity index (χ1n) is 8.77. The van der Waals surface area contributed by atoms with E-state index in [4.69, 9.17) is 20.4 Å². The van der Waals surface area contributed by atoms with E-state index in [0.717, 1.165) is 12.8 Å². The molecule has 144 valence electrons. The van der Waals surface area contributed by atoms with Gasteiger partial charge in [-0.05, 0) is 49.2 Å². The van der Waals surface area contributed by atoms with Gasteiger partial charge < -0.3 is 8.83 Å². The number of hydrogen-bond donors (Lipinski definition) is 0. The van der Waals surface area contributed by atoms with Gasteiger partial charge in [0.2, 0.25) is 5.91 Å². The molecule has 9 heteroatoms. The number of furan rings is 1. The largest absolute Gasteiger partial charge is 0.459 e. The molecule has 1 aliphatic rings. The third-order valence-electron chi connectivity index (χ3n) is 4.36. The van der Waals surface area contributed by atoms with Crippen LogP contribution in [0.4, 0.5) is 0 Å². The lowest BCUT2D eigenvalue weighted by Gasteiger charge is -2.21. The molecule has 28 heavy (non-hydrogen) atoms. The van der Waals surface area contributed by atoms with Crippen LogP contribution >= 0.6 is 23.4 Å². The number of halogens is 1. The van der Waals surface area contributed by atoms with Crippen LogP contribution in [0.5, 0.6) is 0 Å². The quantitative estimate of drug-likeness (QED) is 0.584. The number of imide groups is 1. The number of benzene rings is 1. The Morgan fingerprint density at radius 2 is 2.00 bits per heavy atom. The number of nitrogens with zero attached hydrogens (tertiary/aromatic N) is 3. The van der Waals surface area contributed by atoms with Gasteiger partial charge in [0.05, 0.1) is 11.5 Å². The number of carbonyl (C=O) groups excluding carboxylic acids is 2. The molecule has 1 unspecified atom stereocenters. The molecule has 1 aromatic carbocycles. The van der Waals surface area contributed by atoms with Crippen molar-refractivity contribution in [2.75, 3.05) is 6.54 Å². The minimum Gasteiger partial charge on any atom is -0.459 e. The van der Waals surface area contributed by atoms with Crippen LogP contribution in [0.15, 0.2) is 56.7 Å². The minimum atomic E-state index is -0.469. The Bertz CT molecular complexity index is 971. The normalized spacial score (nSPS) is 17.5. The van der Waals surface area contributed by atoms with Gasteiger partial charge in [0.15, 0.2) is 5.76 Å². The number of carbonyl (C=O) groups is 2. The highest BCUT2D eigenvalue weighted by atomic mass is 35.5. The Morgan fingerprint density at radius 1 is 1.18 bits per heavy atom. The molecule has 3 heterocycles. The first-order chi connectivity index (χ1) is 13.6. The molecular weight excluding hydrogens is 402 g/mol. The van der Waals surface area contributed by atoms with Gasteiger partial charge >= 0.3 is 0 Å². The SMILES string of the molecule is O=C(c1ccc(Cl)cc1)N1CCCCC(Sc2nnc(-c3ccco3)o2)C1=O. The topological polar surface area (TPSA) is 89.4 Å². The van der Waals surface area contributed by atoms with Gasteiger partial charge in [-0.25, -0.2) is 0 Å². The lowest BCUT2D eigenvalue weighted by atomic mass is 10.2. The van der Waals surface area contributed by atoms with E-state index in [2.05, 4.69) is 10.2 Å². The van der Waals surface area contributed by atoms with Crippen LogP contribution in [0.2, 0.25) is 5.02 Å². The standard InChI is InChI=1S/C19H16ClN3O4S/c20-13-8-6-12(7-9-13)17(24)23-10-2-1-5-15(18(23)25)28-19-22-21-16(27-19)14-4-3-11-26-14/h3-4,6-9,11,15H,1-2,5,10H2. The van der Waals surface area contributed by atoms with E-state index in [1.165, 1.54) is 22.9 Å². The van der Waals surface area contributed by atoms with E-state index < -0.39 is 5.25 Å². The van der Waals surface area contributed by atoms with Gasteiger partial charge in [-0.1, -0.05) is 29.8 Å². The van der Waals surface area contributed by atoms with Gasteiger partial charge in [0.25, 0.3) is 17.0 Å². The van der Waals surface area contributed by atoms with Gasteiger partial charge in [-0.15, -0.1) is 10.2 Å². The maximum Gasteiger partial charge on any atom is 0.284 e. The second-order valence-corrected chi connectivity index (χ2v) is 7.85. The fourth-order valence-corrected chi connectivity index (χ4v) is 4.04. The summed E-state index contributed by atoms with van der Waals surface area (Å²) in [6.45, 7) is 0.388. The van der Waals surface area contributed by atoms with Crippen LogP contribution in [0.3, 0.4) is 0 Å². The van der Waals surface area contributed by atoms with Gasteiger partial charge in [0, 0.05) is 17.1 Å². The van der Waals surface area contributed by atoms with Crippen molar-refractivity contribution in [2.24, 2.45) is 0 Å². The molecule has 1 fully saturated rings. The molecule has 2 amide bonds. The third kappa shape index (κ3) is 3.98. The predicted molar refractivity (Wildman–Crippen MR) is 103 cm³/mol. The van der Waals surface area contributed by atoms with Crippen LogP contribution < -0.4 is 0 Å². The highest BCUT2D eigenvalue weighted by molar-refractivity contribution is 8.00. The molecule has 4 rings (SSSR count). The zero-order chi connectivity index (χ0) is 19.5. The summed E-state index contributed by atoms with van der Waals surface area (Å²) in [4.78, 5) is 27.1. The fourth-order valence-electron chi connectivity index (χ4n) is 2.95. The number of hydrogen-bond acceptors (Lipinski definition) is 7. The van der Waals surface area contributed by atoms with E-state index in [-0.39, 0.29) is 22.9 Å². The molecule has 0 radical (unpaired) electrons. The van der Waals surface area contributed by atoms with Crippen molar-refractivity contribution in [3.63, 3.8) is 0 Å². The molecule has 0 spiro atoms. The molecule has 1 atom stereocenters. The minimum absolute atomic E-state index is 0.250. The summed E-state index contributed by atoms with van der Waals surface area (Å²) in [6.07, 6.45) is 3.73. The smallest absolute Gasteiger partial charge is 0.284 e. The van der Waals surface area contributed by atoms with Crippen LogP contribution in [0, 0.1) is 0 Å². The lowest BCUT2D eigenvalue weighted by molar-refractivity contribution is -0.127. The zero-order valence-corrected chi connectivity index (χ0v) is 16.3. The van der Waals surface area contributed by atoms with Crippen LogP contribution in [0.1, 0.15) is 29.6 Å². The van der Waals surface area contributed by atoms with Gasteiger partial charge in [-0.3, -0.25) is 14.5 Å². The monoisotopic (exact) mass is 417 g/mol. The number of likely N-dealkylation sites (tertiary alicyclic amines) is 1. The van der Waals surface area contributed by atoms with Crippen molar-refractivity contribution >= 4 is 35.2 Å². The van der Waals surface area contributed by atoms with E-state index in [1.54, 1.807) is 36.4 Å². The van der Waals surface area contributed by atoms with E-state index in [1.807, 2.05) is 0 Å². The second-order valence-electron chi connectivity index (χ2n) is 6.25. The first kappa shape index (κ1) is 18.8. The van der Waals surface area contributed by atoms with Crippen molar-refractivity contribution in [3.05, 3.63) is 53.2 Å². The van der Waals surface area contributed by atoms with Gasteiger partial charge in [0.1, 0.15) is 0 Å². The predicted octanol–water partition coefficient (Wildman–Crippen LogP) is 4.30. The highest BCUT2D eigenvalue weighted by Gasteiger charge is 2.33. The van der Waals surface area contributed by atoms with Crippen molar-refractivity contribution in [1.82, 2.24) is 15.1 Å². The van der Waals surface area contributed by atoms with Crippen LogP contribution in [-0.2, 0) is 4.79 Å². The summed E-state index contributed by atoms with van der Waals surface area (Å²) in [6, 6.07) is 9.96. The fraction of sp³-hybridized carbons (Fsp3) is 0.263. The number of thioether (sulfide) groups is 1. The van der Waals surface area contributed by atoms with Crippen molar-refractivity contribution < 1.29 is 18.4 Å². The number of aromatic nitrogens is 2. The summed E-state index contributed by atoms with van der Waals surface area (Å²) >= 11 is 7.06. The maximum atomic E-state index is 13.0. The first-order valence-corrected chi connectivity index (χ1v) is 10.0. The average Bonchev–Trinajstić information content (AvgIpc) is 3.35. The molecule has 2 aromatic heterocycles. The second kappa shape index (κ2) is 8.20. The molecular formula is C19H16ClN3O4S. The Morgan fingerprint density at radius 3 is 2.75 bits per heavy atom. The average molecular weight is 418 g/mol. The van der Waals surface area contributed by atoms with E-state index in [0.29, 0.717) is 29.3 Å². The van der Waals surface area contributed by atoms with E-state index in [9.17, 15) is 9.59 Å². The summed E-state index contributed by atoms with van der Waals surface area (Å²) < 4.78 is 10.8. The Kier molecular flexibility index (Phi) is 5.50. The summed E-state index contributed by atoms with van der Waals surface area (Å²) in [5.74, 6) is 0.143. The van der Waals surface area contributed by atoms with Crippen LogP contribution in [0.25, 0.3) is 11.7 Å². The van der Waals surface area contributed by atoms with Gasteiger partial charge in [-0.2, -0.15) is 0 Å². The van der Waals surface area contributed by atoms with Crippen molar-refractivity contribution in [2.45, 2.75) is 29.7 Å². The molecule has 7 nitrogen and oxygen atoms in total. The van der Waals surface area contributed by atoms with E-state index >= 15 is 0 Å². The molecule has 0 bridgehead atoms. The van der Waals surface area contributed by atoms with Crippen LogP contribution in [-0.4, -0.2) is 38.7 Å². The molecule has 3 aromatic rings. The Labute approximate surface area is 170 Å². The molecule has 1 saturated heterocycles. The third-order valence-corrected chi connectivity index (χ3v) is 5.70. The molecule has 0 saturated carbocycles. The number of amides is 2. The lowest BCUT2D eigenvalue weighted by Crippen LogP contribution is -2.41. The summed E-state index contributed by atoms with van der Waals surface area (Å²) in [5, 5.41) is 8.27. The summed E-state index contributed by atoms with van der Waals surface area (Å²) in [7, 11) is 0. The zero-order valence-electron chi connectivity index (χ0n) is 14.7. The maximum absolute atomic E-state index is 13.0. The Hall–Kier alpha value is -2.58. The molecule has 0 N–H and O–H groups in total.